The first kappa shape index (κ1) is 19.0. The SMILES string of the molecule is CC(C)(C)OC(=O)N1CCc2cccc(C=COCc3ccccc3)c2C1. The number of benzene rings is 2. The van der Waals surface area contributed by atoms with Gasteiger partial charge in [0.2, 0.25) is 0 Å². The Balaban J connectivity index is 1.67. The van der Waals surface area contributed by atoms with E-state index in [1.165, 1.54) is 5.56 Å². The number of amides is 1. The number of rotatable bonds is 4. The van der Waals surface area contributed by atoms with Crippen LogP contribution in [0.1, 0.15) is 43.0 Å². The number of hydrogen-bond donors (Lipinski definition) is 0. The van der Waals surface area contributed by atoms with E-state index in [0.717, 1.165) is 23.1 Å². The van der Waals surface area contributed by atoms with E-state index in [0.29, 0.717) is 19.7 Å². The fraction of sp³-hybridized carbons (Fsp3) is 0.348. The van der Waals surface area contributed by atoms with Crippen LogP contribution >= 0.6 is 0 Å². The molecule has 4 nitrogen and oxygen atoms in total. The van der Waals surface area contributed by atoms with Gasteiger partial charge in [-0.3, -0.25) is 0 Å². The summed E-state index contributed by atoms with van der Waals surface area (Å²) in [6.45, 7) is 7.45. The van der Waals surface area contributed by atoms with E-state index in [9.17, 15) is 4.79 Å². The highest BCUT2D eigenvalue weighted by Gasteiger charge is 2.26. The summed E-state index contributed by atoms with van der Waals surface area (Å²) in [5.74, 6) is 0. The van der Waals surface area contributed by atoms with Crippen LogP contribution in [0, 0.1) is 0 Å². The second-order valence-corrected chi connectivity index (χ2v) is 7.74. The molecular formula is C23H27NO3. The van der Waals surface area contributed by atoms with Crippen LogP contribution in [0.3, 0.4) is 0 Å². The molecule has 0 spiro atoms. The molecule has 0 bridgehead atoms. The third-order valence-electron chi connectivity index (χ3n) is 4.40. The van der Waals surface area contributed by atoms with Crippen molar-refractivity contribution in [2.45, 2.75) is 45.9 Å². The molecule has 0 aliphatic carbocycles. The van der Waals surface area contributed by atoms with E-state index >= 15 is 0 Å². The van der Waals surface area contributed by atoms with Gasteiger partial charge < -0.3 is 14.4 Å². The first-order valence-electron chi connectivity index (χ1n) is 9.33. The largest absolute Gasteiger partial charge is 0.496 e. The molecule has 1 aliphatic heterocycles. The molecule has 0 unspecified atom stereocenters. The van der Waals surface area contributed by atoms with Gasteiger partial charge in [-0.1, -0.05) is 48.5 Å². The maximum absolute atomic E-state index is 12.4. The molecule has 0 atom stereocenters. The summed E-state index contributed by atoms with van der Waals surface area (Å²) in [5, 5.41) is 0. The molecule has 27 heavy (non-hydrogen) atoms. The summed E-state index contributed by atoms with van der Waals surface area (Å²) >= 11 is 0. The van der Waals surface area contributed by atoms with Crippen LogP contribution in [0.4, 0.5) is 4.79 Å². The molecule has 1 amide bonds. The highest BCUT2D eigenvalue weighted by molar-refractivity contribution is 5.69. The fourth-order valence-corrected chi connectivity index (χ4v) is 3.09. The maximum atomic E-state index is 12.4. The van der Waals surface area contributed by atoms with Crippen LogP contribution in [0.2, 0.25) is 0 Å². The van der Waals surface area contributed by atoms with Crippen LogP contribution in [0.25, 0.3) is 6.08 Å². The van der Waals surface area contributed by atoms with Gasteiger partial charge in [0.25, 0.3) is 0 Å². The van der Waals surface area contributed by atoms with Crippen molar-refractivity contribution in [1.82, 2.24) is 4.90 Å². The summed E-state index contributed by atoms with van der Waals surface area (Å²) < 4.78 is 11.2. The van der Waals surface area contributed by atoms with Crippen LogP contribution in [0.5, 0.6) is 0 Å². The van der Waals surface area contributed by atoms with Crippen molar-refractivity contribution in [3.05, 3.63) is 77.0 Å². The Morgan fingerprint density at radius 1 is 1.11 bits per heavy atom. The van der Waals surface area contributed by atoms with Gasteiger partial charge in [-0.25, -0.2) is 4.79 Å². The van der Waals surface area contributed by atoms with Gasteiger partial charge in [0, 0.05) is 13.1 Å². The van der Waals surface area contributed by atoms with E-state index in [1.807, 2.05) is 57.2 Å². The standard InChI is InChI=1S/C23H27NO3/c1-23(2,3)27-22(25)24-14-12-19-10-7-11-20(21(19)16-24)13-15-26-17-18-8-5-4-6-9-18/h4-11,13,15H,12,14,16-17H2,1-3H3. The van der Waals surface area contributed by atoms with E-state index in [4.69, 9.17) is 9.47 Å². The van der Waals surface area contributed by atoms with Gasteiger partial charge >= 0.3 is 6.09 Å². The normalized spacial score (nSPS) is 14.1. The molecule has 1 heterocycles. The zero-order valence-corrected chi connectivity index (χ0v) is 16.3. The van der Waals surface area contributed by atoms with Crippen molar-refractivity contribution in [3.8, 4) is 0 Å². The van der Waals surface area contributed by atoms with Crippen molar-refractivity contribution >= 4 is 12.2 Å². The van der Waals surface area contributed by atoms with Gasteiger partial charge in [-0.15, -0.1) is 0 Å². The number of carbonyl (C=O) groups excluding carboxylic acids is 1. The van der Waals surface area contributed by atoms with E-state index < -0.39 is 5.60 Å². The molecule has 0 radical (unpaired) electrons. The van der Waals surface area contributed by atoms with Crippen LogP contribution < -0.4 is 0 Å². The Hall–Kier alpha value is -2.75. The molecule has 1 aliphatic rings. The predicted octanol–water partition coefficient (Wildman–Crippen LogP) is 5.17. The highest BCUT2D eigenvalue weighted by atomic mass is 16.6. The summed E-state index contributed by atoms with van der Waals surface area (Å²) in [5.41, 5.74) is 4.17. The lowest BCUT2D eigenvalue weighted by Crippen LogP contribution is -2.40. The van der Waals surface area contributed by atoms with E-state index in [2.05, 4.69) is 18.2 Å². The topological polar surface area (TPSA) is 38.8 Å². The minimum atomic E-state index is -0.484. The van der Waals surface area contributed by atoms with Gasteiger partial charge in [-0.2, -0.15) is 0 Å². The Kier molecular flexibility index (Phi) is 5.84. The second-order valence-electron chi connectivity index (χ2n) is 7.74. The van der Waals surface area contributed by atoms with Crippen LogP contribution in [-0.2, 0) is 29.0 Å². The van der Waals surface area contributed by atoms with E-state index in [-0.39, 0.29) is 6.09 Å². The summed E-state index contributed by atoms with van der Waals surface area (Å²) in [7, 11) is 0. The first-order chi connectivity index (χ1) is 12.9. The van der Waals surface area contributed by atoms with Crippen molar-refractivity contribution in [2.75, 3.05) is 6.54 Å². The molecule has 0 fully saturated rings. The zero-order valence-electron chi connectivity index (χ0n) is 16.3. The van der Waals surface area contributed by atoms with Crippen molar-refractivity contribution in [1.29, 1.82) is 0 Å². The lowest BCUT2D eigenvalue weighted by molar-refractivity contribution is 0.0224. The van der Waals surface area contributed by atoms with Gasteiger partial charge in [0.15, 0.2) is 0 Å². The number of ether oxygens (including phenoxy) is 2. The Morgan fingerprint density at radius 3 is 2.63 bits per heavy atom. The summed E-state index contributed by atoms with van der Waals surface area (Å²) in [6.07, 6.45) is 4.28. The molecule has 3 rings (SSSR count). The van der Waals surface area contributed by atoms with Crippen LogP contribution in [0.15, 0.2) is 54.8 Å². The quantitative estimate of drug-likeness (QED) is 0.702. The molecule has 4 heteroatoms. The third-order valence-corrected chi connectivity index (χ3v) is 4.40. The molecule has 0 aromatic heterocycles. The number of nitrogens with zero attached hydrogens (tertiary/aromatic N) is 1. The molecule has 0 saturated carbocycles. The third kappa shape index (κ3) is 5.36. The monoisotopic (exact) mass is 365 g/mol. The summed E-state index contributed by atoms with van der Waals surface area (Å²) in [4.78, 5) is 14.2. The number of hydrogen-bond acceptors (Lipinski definition) is 3. The van der Waals surface area contributed by atoms with Crippen molar-refractivity contribution in [3.63, 3.8) is 0 Å². The van der Waals surface area contributed by atoms with Gasteiger partial charge in [0.1, 0.15) is 12.2 Å². The Bertz CT molecular complexity index is 806. The minimum absolute atomic E-state index is 0.257. The smallest absolute Gasteiger partial charge is 0.410 e. The number of fused-ring (bicyclic) bond motifs is 1. The van der Waals surface area contributed by atoms with E-state index in [1.54, 1.807) is 11.2 Å². The Morgan fingerprint density at radius 2 is 1.89 bits per heavy atom. The lowest BCUT2D eigenvalue weighted by Gasteiger charge is -2.32. The predicted molar refractivity (Wildman–Crippen MR) is 107 cm³/mol. The molecule has 142 valence electrons. The minimum Gasteiger partial charge on any atom is -0.496 e. The molecule has 0 saturated heterocycles. The van der Waals surface area contributed by atoms with Crippen LogP contribution in [-0.4, -0.2) is 23.1 Å². The molecule has 2 aromatic carbocycles. The molecular weight excluding hydrogens is 338 g/mol. The van der Waals surface area contributed by atoms with Gasteiger partial charge in [0.05, 0.1) is 6.26 Å². The lowest BCUT2D eigenvalue weighted by atomic mass is 9.95. The summed E-state index contributed by atoms with van der Waals surface area (Å²) in [6, 6.07) is 16.3. The fourth-order valence-electron chi connectivity index (χ4n) is 3.09. The highest BCUT2D eigenvalue weighted by Crippen LogP contribution is 2.25. The first-order valence-corrected chi connectivity index (χ1v) is 9.33. The van der Waals surface area contributed by atoms with Crippen molar-refractivity contribution < 1.29 is 14.3 Å². The Labute approximate surface area is 161 Å². The molecule has 0 N–H and O–H groups in total. The average molecular weight is 365 g/mol. The van der Waals surface area contributed by atoms with Crippen molar-refractivity contribution in [2.24, 2.45) is 0 Å². The molecule has 2 aromatic rings. The maximum Gasteiger partial charge on any atom is 0.410 e. The number of carbonyl (C=O) groups is 1. The second kappa shape index (κ2) is 8.30. The zero-order chi connectivity index (χ0) is 19.3. The van der Waals surface area contributed by atoms with Gasteiger partial charge in [-0.05, 0) is 55.5 Å². The average Bonchev–Trinajstić information content (AvgIpc) is 2.64.